The van der Waals surface area contributed by atoms with Crippen LogP contribution in [0.3, 0.4) is 0 Å². The molecule has 1 atom stereocenters. The molecule has 126 valence electrons. The first kappa shape index (κ1) is 18.2. The molecule has 0 saturated carbocycles. The quantitative estimate of drug-likeness (QED) is 0.630. The summed E-state index contributed by atoms with van der Waals surface area (Å²) in [6.07, 6.45) is 1.91. The topological polar surface area (TPSA) is 68.3 Å². The van der Waals surface area contributed by atoms with E-state index in [0.717, 1.165) is 10.6 Å². The van der Waals surface area contributed by atoms with Gasteiger partial charge >= 0.3 is 5.97 Å². The van der Waals surface area contributed by atoms with Crippen LogP contribution in [-0.2, 0) is 20.9 Å². The number of aryl methyl sites for hydroxylation is 1. The highest BCUT2D eigenvalue weighted by Gasteiger charge is 2.16. The molecule has 0 radical (unpaired) electrons. The van der Waals surface area contributed by atoms with Crippen LogP contribution in [0.15, 0.2) is 35.7 Å². The fourth-order valence-corrected chi connectivity index (χ4v) is 2.63. The SMILES string of the molecule is Cc1nc(/C=C/C(=O)OC(C)C(=O)NCc2ccccc2Cl)cs1. The predicted octanol–water partition coefficient (Wildman–Crippen LogP) is 3.37. The summed E-state index contributed by atoms with van der Waals surface area (Å²) in [7, 11) is 0. The molecule has 1 aromatic carbocycles. The number of ether oxygens (including phenoxy) is 1. The lowest BCUT2D eigenvalue weighted by molar-refractivity contribution is -0.150. The second-order valence-corrected chi connectivity index (χ2v) is 6.48. The van der Waals surface area contributed by atoms with Crippen LogP contribution in [0.25, 0.3) is 6.08 Å². The third-order valence-corrected chi connectivity index (χ3v) is 4.26. The Morgan fingerprint density at radius 2 is 2.17 bits per heavy atom. The van der Waals surface area contributed by atoms with Crippen molar-refractivity contribution in [1.29, 1.82) is 0 Å². The maximum Gasteiger partial charge on any atom is 0.331 e. The van der Waals surface area contributed by atoms with Crippen molar-refractivity contribution in [1.82, 2.24) is 10.3 Å². The van der Waals surface area contributed by atoms with E-state index in [9.17, 15) is 9.59 Å². The highest BCUT2D eigenvalue weighted by Crippen LogP contribution is 2.14. The standard InChI is InChI=1S/C17H17ClN2O3S/c1-11(17(22)19-9-13-5-3-4-6-15(13)18)23-16(21)8-7-14-10-24-12(2)20-14/h3-8,10-11H,9H2,1-2H3,(H,19,22)/b8-7+. The Labute approximate surface area is 149 Å². The van der Waals surface area contributed by atoms with Crippen LogP contribution in [0.4, 0.5) is 0 Å². The van der Waals surface area contributed by atoms with E-state index in [4.69, 9.17) is 16.3 Å². The smallest absolute Gasteiger partial charge is 0.331 e. The van der Waals surface area contributed by atoms with Crippen molar-refractivity contribution >= 4 is 40.9 Å². The molecule has 0 aliphatic heterocycles. The molecule has 24 heavy (non-hydrogen) atoms. The van der Waals surface area contributed by atoms with Gasteiger partial charge in [0.1, 0.15) is 0 Å². The van der Waals surface area contributed by atoms with Crippen molar-refractivity contribution in [2.45, 2.75) is 26.5 Å². The zero-order chi connectivity index (χ0) is 17.5. The summed E-state index contributed by atoms with van der Waals surface area (Å²) >= 11 is 7.51. The van der Waals surface area contributed by atoms with Crippen LogP contribution in [0.5, 0.6) is 0 Å². The Hall–Kier alpha value is -2.18. The molecule has 2 rings (SSSR count). The number of nitrogens with zero attached hydrogens (tertiary/aromatic N) is 1. The number of halogens is 1. The van der Waals surface area contributed by atoms with Gasteiger partial charge < -0.3 is 10.1 Å². The first-order chi connectivity index (χ1) is 11.5. The van der Waals surface area contributed by atoms with Crippen molar-refractivity contribution < 1.29 is 14.3 Å². The van der Waals surface area contributed by atoms with Gasteiger partial charge in [-0.3, -0.25) is 4.79 Å². The Morgan fingerprint density at radius 3 is 2.83 bits per heavy atom. The number of rotatable bonds is 6. The number of esters is 1. The second kappa shape index (κ2) is 8.61. The zero-order valence-electron chi connectivity index (χ0n) is 13.3. The average Bonchev–Trinajstić information content (AvgIpc) is 2.97. The lowest BCUT2D eigenvalue weighted by atomic mass is 10.2. The van der Waals surface area contributed by atoms with Gasteiger partial charge in [0.15, 0.2) is 6.10 Å². The molecule has 1 unspecified atom stereocenters. The van der Waals surface area contributed by atoms with Gasteiger partial charge in [0, 0.05) is 23.0 Å². The van der Waals surface area contributed by atoms with E-state index in [1.54, 1.807) is 12.1 Å². The minimum absolute atomic E-state index is 0.272. The summed E-state index contributed by atoms with van der Waals surface area (Å²) in [6.45, 7) is 3.67. The van der Waals surface area contributed by atoms with Crippen molar-refractivity contribution in [2.75, 3.05) is 0 Å². The molecule has 1 heterocycles. The second-order valence-electron chi connectivity index (χ2n) is 5.01. The van der Waals surface area contributed by atoms with Crippen LogP contribution in [-0.4, -0.2) is 23.0 Å². The van der Waals surface area contributed by atoms with E-state index >= 15 is 0 Å². The Bertz CT molecular complexity index is 758. The van der Waals surface area contributed by atoms with Crippen LogP contribution < -0.4 is 5.32 Å². The van der Waals surface area contributed by atoms with E-state index in [0.29, 0.717) is 10.7 Å². The molecule has 0 aliphatic rings. The monoisotopic (exact) mass is 364 g/mol. The molecule has 7 heteroatoms. The third kappa shape index (κ3) is 5.47. The summed E-state index contributed by atoms with van der Waals surface area (Å²) in [5, 5.41) is 6.00. The molecule has 1 aromatic heterocycles. The van der Waals surface area contributed by atoms with Crippen LogP contribution in [0.1, 0.15) is 23.2 Å². The number of nitrogens with one attached hydrogen (secondary N) is 1. The molecular weight excluding hydrogens is 348 g/mol. The predicted molar refractivity (Wildman–Crippen MR) is 94.7 cm³/mol. The number of aromatic nitrogens is 1. The first-order valence-corrected chi connectivity index (χ1v) is 8.53. The first-order valence-electron chi connectivity index (χ1n) is 7.27. The summed E-state index contributed by atoms with van der Waals surface area (Å²) in [5.74, 6) is -0.984. The maximum absolute atomic E-state index is 12.0. The van der Waals surface area contributed by atoms with Crippen molar-refractivity contribution in [2.24, 2.45) is 0 Å². The highest BCUT2D eigenvalue weighted by molar-refractivity contribution is 7.09. The molecule has 0 aliphatic carbocycles. The summed E-state index contributed by atoms with van der Waals surface area (Å²) in [5.41, 5.74) is 1.48. The summed E-state index contributed by atoms with van der Waals surface area (Å²) in [4.78, 5) is 27.9. The van der Waals surface area contributed by atoms with Gasteiger partial charge in [-0.15, -0.1) is 11.3 Å². The molecule has 1 N–H and O–H groups in total. The van der Waals surface area contributed by atoms with Gasteiger partial charge in [-0.1, -0.05) is 29.8 Å². The molecule has 0 bridgehead atoms. The highest BCUT2D eigenvalue weighted by atomic mass is 35.5. The largest absolute Gasteiger partial charge is 0.449 e. The normalized spacial score (nSPS) is 12.1. The van der Waals surface area contributed by atoms with Gasteiger partial charge in [0.25, 0.3) is 5.91 Å². The number of thiazole rings is 1. The van der Waals surface area contributed by atoms with Crippen molar-refractivity contribution in [3.63, 3.8) is 0 Å². The van der Waals surface area contributed by atoms with Gasteiger partial charge in [-0.2, -0.15) is 0 Å². The number of hydrogen-bond donors (Lipinski definition) is 1. The van der Waals surface area contributed by atoms with Gasteiger partial charge in [-0.25, -0.2) is 9.78 Å². The maximum atomic E-state index is 12.0. The average molecular weight is 365 g/mol. The Kier molecular flexibility index (Phi) is 6.52. The lowest BCUT2D eigenvalue weighted by Crippen LogP contribution is -2.35. The Balaban J connectivity index is 1.81. The van der Waals surface area contributed by atoms with Crippen LogP contribution in [0, 0.1) is 6.92 Å². The molecule has 5 nitrogen and oxygen atoms in total. The minimum atomic E-state index is -0.901. The molecular formula is C17H17ClN2O3S. The van der Waals surface area contributed by atoms with E-state index in [1.165, 1.54) is 24.3 Å². The number of carbonyl (C=O) groups excluding carboxylic acids is 2. The van der Waals surface area contributed by atoms with E-state index in [1.807, 2.05) is 30.5 Å². The van der Waals surface area contributed by atoms with E-state index in [-0.39, 0.29) is 12.5 Å². The molecule has 2 aromatic rings. The van der Waals surface area contributed by atoms with Gasteiger partial charge in [0.2, 0.25) is 0 Å². The van der Waals surface area contributed by atoms with E-state index in [2.05, 4.69) is 10.3 Å². The van der Waals surface area contributed by atoms with Crippen molar-refractivity contribution in [3.05, 3.63) is 57.0 Å². The van der Waals surface area contributed by atoms with Gasteiger partial charge in [-0.05, 0) is 31.6 Å². The molecule has 0 saturated heterocycles. The zero-order valence-corrected chi connectivity index (χ0v) is 14.9. The number of amides is 1. The van der Waals surface area contributed by atoms with Crippen LogP contribution in [0.2, 0.25) is 5.02 Å². The number of hydrogen-bond acceptors (Lipinski definition) is 5. The minimum Gasteiger partial charge on any atom is -0.449 e. The van der Waals surface area contributed by atoms with Gasteiger partial charge in [0.05, 0.1) is 10.7 Å². The molecule has 0 fully saturated rings. The lowest BCUT2D eigenvalue weighted by Gasteiger charge is -2.12. The summed E-state index contributed by atoms with van der Waals surface area (Å²) in [6, 6.07) is 7.21. The number of benzene rings is 1. The molecule has 0 spiro atoms. The number of carbonyl (C=O) groups is 2. The fourth-order valence-electron chi connectivity index (χ4n) is 1.84. The van der Waals surface area contributed by atoms with E-state index < -0.39 is 12.1 Å². The molecule has 1 amide bonds. The van der Waals surface area contributed by atoms with Crippen LogP contribution >= 0.6 is 22.9 Å². The fraction of sp³-hybridized carbons (Fsp3) is 0.235. The summed E-state index contributed by atoms with van der Waals surface area (Å²) < 4.78 is 5.06. The van der Waals surface area contributed by atoms with Crippen molar-refractivity contribution in [3.8, 4) is 0 Å². The third-order valence-electron chi connectivity index (χ3n) is 3.10. The Morgan fingerprint density at radius 1 is 1.42 bits per heavy atom.